The van der Waals surface area contributed by atoms with Crippen molar-refractivity contribution in [3.8, 4) is 0 Å². The molecule has 3 N–H and O–H groups in total. The highest BCUT2D eigenvalue weighted by Crippen LogP contribution is 2.35. The van der Waals surface area contributed by atoms with Gasteiger partial charge in [0, 0.05) is 18.5 Å². The van der Waals surface area contributed by atoms with Crippen molar-refractivity contribution in [3.05, 3.63) is 0 Å². The molecule has 0 aromatic heterocycles. The minimum absolute atomic E-state index is 0.223. The molecule has 1 aliphatic carbocycles. The highest BCUT2D eigenvalue weighted by molar-refractivity contribution is 5.79. The Morgan fingerprint density at radius 1 is 1.31 bits per heavy atom. The first-order valence-corrected chi connectivity index (χ1v) is 6.76. The summed E-state index contributed by atoms with van der Waals surface area (Å²) >= 11 is 0. The fraction of sp³-hybridized carbons (Fsp3) is 0.923. The summed E-state index contributed by atoms with van der Waals surface area (Å²) in [6, 6.07) is 0.796. The lowest BCUT2D eigenvalue weighted by atomic mass is 9.78. The number of hydrogen-bond donors (Lipinski definition) is 2. The zero-order valence-electron chi connectivity index (χ0n) is 10.4. The first-order chi connectivity index (χ1) is 7.68. The van der Waals surface area contributed by atoms with Gasteiger partial charge in [-0.2, -0.15) is 0 Å². The molecule has 0 aromatic rings. The predicted molar refractivity (Wildman–Crippen MR) is 67.6 cm³/mol. The number of nitrogens with zero attached hydrogens (tertiary/aromatic N) is 1. The van der Waals surface area contributed by atoms with Gasteiger partial charge in [-0.15, -0.1) is 0 Å². The predicted octanol–water partition coefficient (Wildman–Crippen LogP) is 2.21. The van der Waals surface area contributed by atoms with Crippen molar-refractivity contribution in [3.63, 3.8) is 0 Å². The lowest BCUT2D eigenvalue weighted by Crippen LogP contribution is -2.49. The topological polar surface area (TPSA) is 53.1 Å². The van der Waals surface area contributed by atoms with Crippen LogP contribution in [0.5, 0.6) is 0 Å². The first kappa shape index (κ1) is 11.9. The Hall–Kier alpha value is -0.570. The van der Waals surface area contributed by atoms with Crippen LogP contribution in [0.2, 0.25) is 0 Å². The second-order valence-corrected chi connectivity index (χ2v) is 5.61. The Morgan fingerprint density at radius 2 is 2.00 bits per heavy atom. The number of rotatable bonds is 3. The first-order valence-electron chi connectivity index (χ1n) is 6.76. The maximum atomic E-state index is 7.50. The molecule has 0 amide bonds. The maximum absolute atomic E-state index is 7.50. The molecule has 1 saturated heterocycles. The zero-order chi connectivity index (χ0) is 11.5. The van der Waals surface area contributed by atoms with Crippen molar-refractivity contribution in [2.45, 2.75) is 51.5 Å². The lowest BCUT2D eigenvalue weighted by Gasteiger charge is -2.45. The van der Waals surface area contributed by atoms with Gasteiger partial charge in [-0.3, -0.25) is 10.3 Å². The summed E-state index contributed by atoms with van der Waals surface area (Å²) in [5, 5.41) is 7.50. The minimum atomic E-state index is 0.223. The molecule has 1 heterocycles. The van der Waals surface area contributed by atoms with Crippen LogP contribution in [0, 0.1) is 17.2 Å². The van der Waals surface area contributed by atoms with E-state index in [1.54, 1.807) is 0 Å². The van der Waals surface area contributed by atoms with Crippen molar-refractivity contribution >= 4 is 5.84 Å². The highest BCUT2D eigenvalue weighted by Gasteiger charge is 2.33. The number of nitrogens with one attached hydrogen (secondary N) is 1. The Labute approximate surface area is 98.9 Å². The van der Waals surface area contributed by atoms with Crippen molar-refractivity contribution in [2.24, 2.45) is 17.6 Å². The summed E-state index contributed by atoms with van der Waals surface area (Å²) in [6.45, 7) is 4.30. The molecule has 3 heteroatoms. The zero-order valence-corrected chi connectivity index (χ0v) is 10.4. The summed E-state index contributed by atoms with van der Waals surface area (Å²) in [5.41, 5.74) is 5.58. The summed E-state index contributed by atoms with van der Waals surface area (Å²) < 4.78 is 0. The third-order valence-corrected chi connectivity index (χ3v) is 4.40. The number of nitrogens with two attached hydrogens (primary N) is 1. The van der Waals surface area contributed by atoms with Gasteiger partial charge in [0.15, 0.2) is 0 Å². The van der Waals surface area contributed by atoms with Crippen LogP contribution in [-0.2, 0) is 0 Å². The second kappa shape index (κ2) is 5.17. The van der Waals surface area contributed by atoms with E-state index in [9.17, 15) is 0 Å². The van der Waals surface area contributed by atoms with Crippen LogP contribution in [0.3, 0.4) is 0 Å². The molecule has 0 spiro atoms. The summed E-state index contributed by atoms with van der Waals surface area (Å²) in [7, 11) is 0. The van der Waals surface area contributed by atoms with Crippen LogP contribution in [0.4, 0.5) is 0 Å². The van der Waals surface area contributed by atoms with Crippen molar-refractivity contribution < 1.29 is 0 Å². The Bertz CT molecular complexity index is 250. The second-order valence-electron chi connectivity index (χ2n) is 5.61. The van der Waals surface area contributed by atoms with Crippen LogP contribution in [-0.4, -0.2) is 29.9 Å². The standard InChI is InChI=1S/C13H25N3/c1-10(13(14)15)9-16-8-4-6-11-5-2-3-7-12(11)16/h10-12H,2-9H2,1H3,(H3,14,15)/t10?,11-,12-/m1/s1. The summed E-state index contributed by atoms with van der Waals surface area (Å²) in [4.78, 5) is 2.61. The molecule has 2 fully saturated rings. The third-order valence-electron chi connectivity index (χ3n) is 4.40. The molecule has 16 heavy (non-hydrogen) atoms. The van der Waals surface area contributed by atoms with E-state index in [-0.39, 0.29) is 5.92 Å². The average molecular weight is 223 g/mol. The minimum Gasteiger partial charge on any atom is -0.387 e. The van der Waals surface area contributed by atoms with Gasteiger partial charge >= 0.3 is 0 Å². The number of piperidine rings is 1. The summed E-state index contributed by atoms with van der Waals surface area (Å²) in [6.07, 6.45) is 8.38. The molecule has 0 aromatic carbocycles. The fourth-order valence-electron chi connectivity index (χ4n) is 3.40. The van der Waals surface area contributed by atoms with Gasteiger partial charge < -0.3 is 5.73 Å². The van der Waals surface area contributed by atoms with Gasteiger partial charge in [0.05, 0.1) is 5.84 Å². The Morgan fingerprint density at radius 3 is 2.75 bits per heavy atom. The van der Waals surface area contributed by atoms with E-state index in [1.807, 2.05) is 0 Å². The van der Waals surface area contributed by atoms with Crippen LogP contribution < -0.4 is 5.73 Å². The Kier molecular flexibility index (Phi) is 3.85. The van der Waals surface area contributed by atoms with Crippen molar-refractivity contribution in [2.75, 3.05) is 13.1 Å². The van der Waals surface area contributed by atoms with Gasteiger partial charge in [-0.05, 0) is 38.1 Å². The SMILES string of the molecule is CC(CN1CCC[C@H]2CCCC[C@H]21)C(=N)N. The molecule has 0 radical (unpaired) electrons. The molecular weight excluding hydrogens is 198 g/mol. The molecule has 2 rings (SSSR count). The van der Waals surface area contributed by atoms with E-state index in [1.165, 1.54) is 45.1 Å². The molecule has 3 nitrogen and oxygen atoms in total. The van der Waals surface area contributed by atoms with E-state index in [4.69, 9.17) is 11.1 Å². The summed E-state index contributed by atoms with van der Waals surface area (Å²) in [5.74, 6) is 1.50. The van der Waals surface area contributed by atoms with E-state index < -0.39 is 0 Å². The molecule has 1 aliphatic heterocycles. The number of amidine groups is 1. The smallest absolute Gasteiger partial charge is 0.0947 e. The van der Waals surface area contributed by atoms with E-state index in [0.29, 0.717) is 5.84 Å². The number of likely N-dealkylation sites (tertiary alicyclic amines) is 1. The van der Waals surface area contributed by atoms with Gasteiger partial charge in [-0.1, -0.05) is 19.8 Å². The van der Waals surface area contributed by atoms with Crippen LogP contribution in [0.15, 0.2) is 0 Å². The average Bonchev–Trinajstić information content (AvgIpc) is 2.29. The molecular formula is C13H25N3. The maximum Gasteiger partial charge on any atom is 0.0947 e. The molecule has 1 unspecified atom stereocenters. The van der Waals surface area contributed by atoms with Gasteiger partial charge in [0.25, 0.3) is 0 Å². The van der Waals surface area contributed by atoms with E-state index in [0.717, 1.165) is 18.5 Å². The van der Waals surface area contributed by atoms with Crippen molar-refractivity contribution in [1.82, 2.24) is 4.90 Å². The lowest BCUT2D eigenvalue weighted by molar-refractivity contribution is 0.0559. The molecule has 3 atom stereocenters. The molecule has 1 saturated carbocycles. The third kappa shape index (κ3) is 2.57. The molecule has 92 valence electrons. The fourth-order valence-corrected chi connectivity index (χ4v) is 3.40. The van der Waals surface area contributed by atoms with Crippen LogP contribution >= 0.6 is 0 Å². The van der Waals surface area contributed by atoms with Crippen LogP contribution in [0.1, 0.15) is 45.4 Å². The molecule has 0 bridgehead atoms. The van der Waals surface area contributed by atoms with E-state index >= 15 is 0 Å². The largest absolute Gasteiger partial charge is 0.387 e. The van der Waals surface area contributed by atoms with Gasteiger partial charge in [0.2, 0.25) is 0 Å². The van der Waals surface area contributed by atoms with Gasteiger partial charge in [0.1, 0.15) is 0 Å². The molecule has 2 aliphatic rings. The Balaban J connectivity index is 1.94. The normalized spacial score (nSPS) is 33.1. The van der Waals surface area contributed by atoms with Gasteiger partial charge in [-0.25, -0.2) is 0 Å². The highest BCUT2D eigenvalue weighted by atomic mass is 15.2. The number of hydrogen-bond acceptors (Lipinski definition) is 2. The number of fused-ring (bicyclic) bond motifs is 1. The monoisotopic (exact) mass is 223 g/mol. The van der Waals surface area contributed by atoms with Crippen LogP contribution in [0.25, 0.3) is 0 Å². The van der Waals surface area contributed by atoms with E-state index in [2.05, 4.69) is 11.8 Å². The van der Waals surface area contributed by atoms with Crippen molar-refractivity contribution in [1.29, 1.82) is 5.41 Å². The quantitative estimate of drug-likeness (QED) is 0.569.